The highest BCUT2D eigenvalue weighted by atomic mass is 16.5. The van der Waals surface area contributed by atoms with Crippen molar-refractivity contribution in [2.45, 2.75) is 26.9 Å². The van der Waals surface area contributed by atoms with E-state index >= 15 is 0 Å². The smallest absolute Gasteiger partial charge is 0.311 e. The number of aryl methyl sites for hydroxylation is 2. The number of rotatable bonds is 5. The number of hydrogen-bond acceptors (Lipinski definition) is 6. The lowest BCUT2D eigenvalue weighted by Crippen LogP contribution is -2.26. The van der Waals surface area contributed by atoms with Gasteiger partial charge in [-0.3, -0.25) is 9.59 Å². The third kappa shape index (κ3) is 3.77. The maximum atomic E-state index is 12.6. The molecule has 0 aliphatic carbocycles. The van der Waals surface area contributed by atoms with Gasteiger partial charge in [-0.25, -0.2) is 0 Å². The van der Waals surface area contributed by atoms with Crippen LogP contribution < -0.4 is 4.90 Å². The van der Waals surface area contributed by atoms with Crippen LogP contribution in [0.1, 0.15) is 23.2 Å². The van der Waals surface area contributed by atoms with Crippen molar-refractivity contribution in [1.29, 1.82) is 0 Å². The zero-order chi connectivity index (χ0) is 22.2. The van der Waals surface area contributed by atoms with Crippen molar-refractivity contribution in [1.82, 2.24) is 5.16 Å². The Balaban J connectivity index is 1.21. The lowest BCUT2D eigenvalue weighted by atomic mass is 10.1. The molecule has 1 saturated heterocycles. The largest absolute Gasteiger partial charge is 0.459 e. The van der Waals surface area contributed by atoms with Crippen LogP contribution >= 0.6 is 0 Å². The van der Waals surface area contributed by atoms with Gasteiger partial charge in [0.25, 0.3) is 0 Å². The Morgan fingerprint density at radius 1 is 1.09 bits per heavy atom. The van der Waals surface area contributed by atoms with Crippen molar-refractivity contribution in [3.63, 3.8) is 0 Å². The predicted molar refractivity (Wildman–Crippen MR) is 118 cm³/mol. The number of carbonyl (C=O) groups is 2. The van der Waals surface area contributed by atoms with E-state index in [1.165, 1.54) is 0 Å². The highest BCUT2D eigenvalue weighted by Gasteiger charge is 2.36. The number of para-hydroxylation sites is 1. The Morgan fingerprint density at radius 3 is 2.75 bits per heavy atom. The Bertz CT molecular complexity index is 1290. The fourth-order valence-electron chi connectivity index (χ4n) is 3.87. The fourth-order valence-corrected chi connectivity index (χ4v) is 3.87. The van der Waals surface area contributed by atoms with E-state index in [1.54, 1.807) is 11.0 Å². The first kappa shape index (κ1) is 20.1. The maximum absolute atomic E-state index is 12.6. The number of anilines is 1. The molecule has 5 rings (SSSR count). The molecule has 0 saturated carbocycles. The number of amides is 1. The van der Waals surface area contributed by atoms with Crippen LogP contribution in [0.5, 0.6) is 0 Å². The minimum Gasteiger partial charge on any atom is -0.459 e. The number of furan rings is 1. The van der Waals surface area contributed by atoms with Gasteiger partial charge in [0.2, 0.25) is 11.7 Å². The Labute approximate surface area is 184 Å². The molecule has 0 radical (unpaired) electrons. The summed E-state index contributed by atoms with van der Waals surface area (Å²) in [6.45, 7) is 4.30. The van der Waals surface area contributed by atoms with Gasteiger partial charge in [0.05, 0.1) is 5.92 Å². The Hall–Kier alpha value is -3.87. The Morgan fingerprint density at radius 2 is 1.94 bits per heavy atom. The monoisotopic (exact) mass is 430 g/mol. The molecule has 32 heavy (non-hydrogen) atoms. The summed E-state index contributed by atoms with van der Waals surface area (Å²) in [4.78, 5) is 26.7. The quantitative estimate of drug-likeness (QED) is 0.423. The van der Waals surface area contributed by atoms with Crippen LogP contribution in [0.4, 0.5) is 5.69 Å². The number of nitrogens with zero attached hydrogens (tertiary/aromatic N) is 2. The van der Waals surface area contributed by atoms with Crippen molar-refractivity contribution in [3.05, 3.63) is 71.4 Å². The van der Waals surface area contributed by atoms with Crippen LogP contribution in [0.2, 0.25) is 0 Å². The zero-order valence-corrected chi connectivity index (χ0v) is 17.8. The molecule has 0 N–H and O–H groups in total. The average Bonchev–Trinajstić information content (AvgIpc) is 3.51. The van der Waals surface area contributed by atoms with E-state index in [0.29, 0.717) is 23.8 Å². The van der Waals surface area contributed by atoms with Crippen molar-refractivity contribution in [2.75, 3.05) is 11.4 Å². The number of esters is 1. The van der Waals surface area contributed by atoms with E-state index in [9.17, 15) is 9.59 Å². The van der Waals surface area contributed by atoms with Gasteiger partial charge in [-0.1, -0.05) is 29.4 Å². The van der Waals surface area contributed by atoms with Crippen LogP contribution in [0.3, 0.4) is 0 Å². The van der Waals surface area contributed by atoms with Crippen LogP contribution in [0.25, 0.3) is 22.5 Å². The Kier molecular flexibility index (Phi) is 5.01. The van der Waals surface area contributed by atoms with Crippen molar-refractivity contribution in [2.24, 2.45) is 5.92 Å². The van der Waals surface area contributed by atoms with E-state index in [4.69, 9.17) is 13.7 Å². The van der Waals surface area contributed by atoms with E-state index in [-0.39, 0.29) is 18.9 Å². The lowest BCUT2D eigenvalue weighted by molar-refractivity contribution is -0.149. The van der Waals surface area contributed by atoms with Gasteiger partial charge in [-0.15, -0.1) is 0 Å². The number of fused-ring (bicyclic) bond motifs is 1. The third-order valence-electron chi connectivity index (χ3n) is 5.85. The summed E-state index contributed by atoms with van der Waals surface area (Å²) in [6.07, 6.45) is 0.134. The molecule has 1 aliphatic rings. The molecule has 7 nitrogen and oxygen atoms in total. The van der Waals surface area contributed by atoms with Crippen LogP contribution in [-0.2, 0) is 20.9 Å². The maximum Gasteiger partial charge on any atom is 0.311 e. The number of carbonyl (C=O) groups excluding carboxylic acids is 2. The summed E-state index contributed by atoms with van der Waals surface area (Å²) >= 11 is 0. The highest BCUT2D eigenvalue weighted by Crippen LogP contribution is 2.29. The molecule has 3 heterocycles. The fraction of sp³-hybridized carbons (Fsp3) is 0.240. The summed E-state index contributed by atoms with van der Waals surface area (Å²) < 4.78 is 16.5. The van der Waals surface area contributed by atoms with Crippen molar-refractivity contribution in [3.8, 4) is 11.5 Å². The second-order valence-electron chi connectivity index (χ2n) is 8.11. The number of hydrogen-bond donors (Lipinski definition) is 0. The number of aromatic nitrogens is 1. The van der Waals surface area contributed by atoms with Crippen LogP contribution in [0, 0.1) is 19.8 Å². The third-order valence-corrected chi connectivity index (χ3v) is 5.85. The van der Waals surface area contributed by atoms with Crippen LogP contribution in [0.15, 0.2) is 63.5 Å². The second-order valence-corrected chi connectivity index (χ2v) is 8.11. The lowest BCUT2D eigenvalue weighted by Gasteiger charge is -2.17. The molecule has 2 aromatic carbocycles. The summed E-state index contributed by atoms with van der Waals surface area (Å²) in [5.74, 6) is 0.0125. The van der Waals surface area contributed by atoms with E-state index in [1.807, 2.05) is 62.4 Å². The van der Waals surface area contributed by atoms with E-state index < -0.39 is 11.9 Å². The molecule has 0 bridgehead atoms. The molecule has 1 amide bonds. The molecular weight excluding hydrogens is 408 g/mol. The normalized spacial score (nSPS) is 16.1. The molecular formula is C25H22N2O5. The summed E-state index contributed by atoms with van der Waals surface area (Å²) in [5, 5.41) is 4.93. The topological polar surface area (TPSA) is 85.8 Å². The SMILES string of the molecule is Cc1ccc(N2CC(C(=O)OCc3cc(-c4cc5ccccc5o4)on3)CC2=O)cc1C. The molecule has 162 valence electrons. The van der Waals surface area contributed by atoms with Gasteiger partial charge in [-0.2, -0.15) is 0 Å². The highest BCUT2D eigenvalue weighted by molar-refractivity contribution is 5.99. The summed E-state index contributed by atoms with van der Waals surface area (Å²) in [5.41, 5.74) is 4.30. The van der Waals surface area contributed by atoms with Gasteiger partial charge in [-0.05, 0) is 49.2 Å². The van der Waals surface area contributed by atoms with Gasteiger partial charge < -0.3 is 18.6 Å². The first-order valence-electron chi connectivity index (χ1n) is 10.5. The van der Waals surface area contributed by atoms with Gasteiger partial charge in [0.1, 0.15) is 17.9 Å². The first-order chi connectivity index (χ1) is 15.5. The molecule has 1 unspecified atom stereocenters. The van der Waals surface area contributed by atoms with Gasteiger partial charge >= 0.3 is 5.97 Å². The summed E-state index contributed by atoms with van der Waals surface area (Å²) in [7, 11) is 0. The van der Waals surface area contributed by atoms with E-state index in [0.717, 1.165) is 27.8 Å². The molecule has 1 aliphatic heterocycles. The van der Waals surface area contributed by atoms with E-state index in [2.05, 4.69) is 5.16 Å². The minimum absolute atomic E-state index is 0.0309. The van der Waals surface area contributed by atoms with Crippen molar-refractivity contribution < 1.29 is 23.3 Å². The second kappa shape index (κ2) is 8.00. The van der Waals surface area contributed by atoms with Crippen LogP contribution in [-0.4, -0.2) is 23.6 Å². The predicted octanol–water partition coefficient (Wildman–Crippen LogP) is 4.80. The molecule has 1 atom stereocenters. The van der Waals surface area contributed by atoms with Crippen molar-refractivity contribution >= 4 is 28.5 Å². The number of benzene rings is 2. The molecule has 0 spiro atoms. The number of ether oxygens (including phenoxy) is 1. The minimum atomic E-state index is -0.508. The molecule has 2 aromatic heterocycles. The first-order valence-corrected chi connectivity index (χ1v) is 10.5. The van der Waals surface area contributed by atoms with Gasteiger partial charge in [0, 0.05) is 30.1 Å². The zero-order valence-electron chi connectivity index (χ0n) is 17.8. The standard InChI is InChI=1S/C25H22N2O5/c1-15-7-8-20(9-16(15)2)27-13-18(11-24(27)28)25(29)30-14-19-12-23(32-26-19)22-10-17-5-3-4-6-21(17)31-22/h3-10,12,18H,11,13-14H2,1-2H3. The molecule has 1 fully saturated rings. The average molecular weight is 430 g/mol. The molecule has 4 aromatic rings. The van der Waals surface area contributed by atoms with Gasteiger partial charge in [0.15, 0.2) is 5.76 Å². The molecule has 7 heteroatoms. The summed E-state index contributed by atoms with van der Waals surface area (Å²) in [6, 6.07) is 17.1.